The van der Waals surface area contributed by atoms with Crippen molar-refractivity contribution in [2.24, 2.45) is 0 Å². The van der Waals surface area contributed by atoms with E-state index < -0.39 is 0 Å². The Hall–Kier alpha value is -4.06. The summed E-state index contributed by atoms with van der Waals surface area (Å²) in [6.45, 7) is 5.95. The van der Waals surface area contributed by atoms with Gasteiger partial charge in [0.15, 0.2) is 0 Å². The molecule has 0 aliphatic rings. The Morgan fingerprint density at radius 3 is 2.52 bits per heavy atom. The number of nitrogens with one attached hydrogen (secondary N) is 1. The fourth-order valence-electron chi connectivity index (χ4n) is 4.02. The second-order valence-electron chi connectivity index (χ2n) is 7.64. The monoisotopic (exact) mass is 407 g/mol. The number of fused-ring (bicyclic) bond motifs is 2. The Kier molecular flexibility index (Phi) is 4.47. The summed E-state index contributed by atoms with van der Waals surface area (Å²) in [5, 5.41) is 0.542. The molecular weight excluding hydrogens is 386 g/mol. The second kappa shape index (κ2) is 7.32. The zero-order valence-corrected chi connectivity index (χ0v) is 17.5. The number of imidazole rings is 1. The quantitative estimate of drug-likeness (QED) is 0.468. The molecule has 152 valence electrons. The number of para-hydroxylation sites is 2. The average molecular weight is 407 g/mol. The number of aromatic amines is 1. The smallest absolute Gasteiger partial charge is 0.266 e. The number of rotatable bonds is 3. The van der Waals surface area contributed by atoms with E-state index in [-0.39, 0.29) is 5.56 Å². The van der Waals surface area contributed by atoms with Crippen LogP contribution in [-0.4, -0.2) is 24.5 Å². The fraction of sp³-hybridized carbons (Fsp3) is 0.120. The van der Waals surface area contributed by atoms with Crippen LogP contribution < -0.4 is 5.56 Å². The van der Waals surface area contributed by atoms with Crippen molar-refractivity contribution in [1.82, 2.24) is 24.5 Å². The van der Waals surface area contributed by atoms with Gasteiger partial charge in [-0.25, -0.2) is 9.97 Å². The molecule has 0 bridgehead atoms. The van der Waals surface area contributed by atoms with E-state index in [0.29, 0.717) is 16.7 Å². The maximum absolute atomic E-state index is 13.5. The van der Waals surface area contributed by atoms with Gasteiger partial charge in [-0.15, -0.1) is 0 Å². The highest BCUT2D eigenvalue weighted by Crippen LogP contribution is 2.22. The number of aromatic nitrogens is 5. The molecule has 1 N–H and O–H groups in total. The molecule has 0 spiro atoms. The van der Waals surface area contributed by atoms with Crippen molar-refractivity contribution < 1.29 is 0 Å². The standard InChI is InChI=1S/C25H21N5O/c1-15-6-4-7-16(2)24(15)30-22(29-21-14-26-13-12-19(21)25(30)31)11-10-18-8-5-9-20-23(18)28-17(3)27-20/h4-14H,1-3H3,(H,27,28). The maximum atomic E-state index is 13.5. The molecule has 0 unspecified atom stereocenters. The molecule has 0 aliphatic heterocycles. The molecule has 5 rings (SSSR count). The minimum Gasteiger partial charge on any atom is -0.342 e. The third kappa shape index (κ3) is 3.22. The van der Waals surface area contributed by atoms with Crippen molar-refractivity contribution in [3.63, 3.8) is 0 Å². The molecular formula is C25H21N5O. The van der Waals surface area contributed by atoms with Crippen LogP contribution in [0, 0.1) is 20.8 Å². The zero-order valence-electron chi connectivity index (χ0n) is 17.5. The first-order chi connectivity index (χ1) is 15.0. The number of nitrogens with zero attached hydrogens (tertiary/aromatic N) is 4. The summed E-state index contributed by atoms with van der Waals surface area (Å²) in [5.41, 5.74) is 6.15. The first-order valence-electron chi connectivity index (χ1n) is 10.1. The van der Waals surface area contributed by atoms with Gasteiger partial charge in [0.05, 0.1) is 33.8 Å². The Bertz CT molecular complexity index is 1520. The van der Waals surface area contributed by atoms with Crippen molar-refractivity contribution in [3.8, 4) is 5.69 Å². The van der Waals surface area contributed by atoms with Gasteiger partial charge in [0, 0.05) is 11.8 Å². The first kappa shape index (κ1) is 18.9. The summed E-state index contributed by atoms with van der Waals surface area (Å²) in [4.78, 5) is 30.3. The SMILES string of the molecule is Cc1nc2c(C=Cc3nc4cnccc4c(=O)n3-c3c(C)cccc3C)cccc2[nH]1. The number of pyridine rings is 1. The van der Waals surface area contributed by atoms with Gasteiger partial charge in [0.2, 0.25) is 0 Å². The predicted octanol–water partition coefficient (Wildman–Crippen LogP) is 4.75. The third-order valence-corrected chi connectivity index (χ3v) is 5.44. The summed E-state index contributed by atoms with van der Waals surface area (Å²) in [5.74, 6) is 1.41. The molecule has 3 heterocycles. The highest BCUT2D eigenvalue weighted by molar-refractivity contribution is 5.88. The molecule has 0 saturated heterocycles. The number of H-pyrrole nitrogens is 1. The van der Waals surface area contributed by atoms with Crippen LogP contribution in [0.25, 0.3) is 39.8 Å². The Balaban J connectivity index is 1.78. The van der Waals surface area contributed by atoms with E-state index in [9.17, 15) is 4.79 Å². The Labute approximate surface area is 179 Å². The summed E-state index contributed by atoms with van der Waals surface area (Å²) in [6, 6.07) is 13.7. The van der Waals surface area contributed by atoms with Gasteiger partial charge < -0.3 is 4.98 Å². The Morgan fingerprint density at radius 1 is 0.935 bits per heavy atom. The fourth-order valence-corrected chi connectivity index (χ4v) is 4.02. The molecule has 3 aromatic heterocycles. The molecule has 2 aromatic carbocycles. The molecule has 6 heteroatoms. The van der Waals surface area contributed by atoms with Crippen LogP contribution in [0.3, 0.4) is 0 Å². The van der Waals surface area contributed by atoms with Crippen molar-refractivity contribution in [3.05, 3.63) is 93.6 Å². The van der Waals surface area contributed by atoms with Crippen LogP contribution >= 0.6 is 0 Å². The van der Waals surface area contributed by atoms with Crippen molar-refractivity contribution in [2.75, 3.05) is 0 Å². The van der Waals surface area contributed by atoms with E-state index in [1.54, 1.807) is 23.0 Å². The van der Waals surface area contributed by atoms with Gasteiger partial charge in [0.1, 0.15) is 11.6 Å². The van der Waals surface area contributed by atoms with Crippen LogP contribution in [0.5, 0.6) is 0 Å². The minimum atomic E-state index is -0.113. The van der Waals surface area contributed by atoms with E-state index >= 15 is 0 Å². The molecule has 0 aliphatic carbocycles. The van der Waals surface area contributed by atoms with Gasteiger partial charge in [0.25, 0.3) is 5.56 Å². The minimum absolute atomic E-state index is 0.113. The Morgan fingerprint density at radius 2 is 1.71 bits per heavy atom. The summed E-state index contributed by atoms with van der Waals surface area (Å²) in [6.07, 6.45) is 7.08. The van der Waals surface area contributed by atoms with E-state index in [1.165, 1.54) is 0 Å². The van der Waals surface area contributed by atoms with Gasteiger partial charge in [-0.2, -0.15) is 0 Å². The van der Waals surface area contributed by atoms with Crippen LogP contribution in [0.2, 0.25) is 0 Å². The number of benzene rings is 2. The normalized spacial score (nSPS) is 11.7. The van der Waals surface area contributed by atoms with E-state index in [0.717, 1.165) is 39.2 Å². The van der Waals surface area contributed by atoms with Crippen LogP contribution in [0.1, 0.15) is 28.3 Å². The average Bonchev–Trinajstić information content (AvgIpc) is 3.14. The summed E-state index contributed by atoms with van der Waals surface area (Å²) < 4.78 is 1.69. The molecule has 0 amide bonds. The lowest BCUT2D eigenvalue weighted by Gasteiger charge is -2.16. The van der Waals surface area contributed by atoms with E-state index in [4.69, 9.17) is 4.98 Å². The molecule has 5 aromatic rings. The highest BCUT2D eigenvalue weighted by atomic mass is 16.1. The molecule has 0 radical (unpaired) electrons. The molecule has 0 fully saturated rings. The number of hydrogen-bond donors (Lipinski definition) is 1. The van der Waals surface area contributed by atoms with Crippen molar-refractivity contribution in [2.45, 2.75) is 20.8 Å². The molecule has 31 heavy (non-hydrogen) atoms. The summed E-state index contributed by atoms with van der Waals surface area (Å²) in [7, 11) is 0. The van der Waals surface area contributed by atoms with Crippen molar-refractivity contribution in [1.29, 1.82) is 0 Å². The predicted molar refractivity (Wildman–Crippen MR) is 124 cm³/mol. The zero-order chi connectivity index (χ0) is 21.5. The number of hydrogen-bond acceptors (Lipinski definition) is 4. The van der Waals surface area contributed by atoms with Crippen LogP contribution in [0.4, 0.5) is 0 Å². The first-order valence-corrected chi connectivity index (χ1v) is 10.1. The lowest BCUT2D eigenvalue weighted by molar-refractivity contribution is 0.923. The third-order valence-electron chi connectivity index (χ3n) is 5.44. The largest absolute Gasteiger partial charge is 0.342 e. The van der Waals surface area contributed by atoms with Gasteiger partial charge >= 0.3 is 0 Å². The molecule has 0 saturated carbocycles. The van der Waals surface area contributed by atoms with E-state index in [2.05, 4.69) is 15.0 Å². The van der Waals surface area contributed by atoms with Gasteiger partial charge in [-0.05, 0) is 56.2 Å². The molecule has 0 atom stereocenters. The maximum Gasteiger partial charge on any atom is 0.266 e. The van der Waals surface area contributed by atoms with Gasteiger partial charge in [-0.3, -0.25) is 14.3 Å². The van der Waals surface area contributed by atoms with Crippen LogP contribution in [0.15, 0.2) is 59.7 Å². The molecule has 6 nitrogen and oxygen atoms in total. The topological polar surface area (TPSA) is 76.5 Å². The summed E-state index contributed by atoms with van der Waals surface area (Å²) >= 11 is 0. The lowest BCUT2D eigenvalue weighted by atomic mass is 10.1. The van der Waals surface area contributed by atoms with Crippen molar-refractivity contribution >= 4 is 34.1 Å². The second-order valence-corrected chi connectivity index (χ2v) is 7.64. The van der Waals surface area contributed by atoms with Crippen LogP contribution in [-0.2, 0) is 0 Å². The van der Waals surface area contributed by atoms with E-state index in [1.807, 2.05) is 69.3 Å². The highest BCUT2D eigenvalue weighted by Gasteiger charge is 2.15. The lowest BCUT2D eigenvalue weighted by Crippen LogP contribution is -2.24. The number of aryl methyl sites for hydroxylation is 3. The van der Waals surface area contributed by atoms with Gasteiger partial charge in [-0.1, -0.05) is 30.3 Å².